The van der Waals surface area contributed by atoms with E-state index < -0.39 is 0 Å². The fourth-order valence-corrected chi connectivity index (χ4v) is 1.85. The third-order valence-electron chi connectivity index (χ3n) is 2.69. The van der Waals surface area contributed by atoms with Gasteiger partial charge in [0.05, 0.1) is 6.20 Å². The zero-order valence-corrected chi connectivity index (χ0v) is 11.8. The molecule has 2 aromatic rings. The molecule has 0 saturated carbocycles. The molecule has 104 valence electrons. The Morgan fingerprint density at radius 3 is 2.79 bits per heavy atom. The molecule has 0 spiro atoms. The number of halogens is 2. The summed E-state index contributed by atoms with van der Waals surface area (Å²) < 4.78 is 14.9. The monoisotopic (exact) mass is 283 g/mol. The van der Waals surface area contributed by atoms with Crippen LogP contribution in [0.2, 0.25) is 0 Å². The Morgan fingerprint density at radius 1 is 1.26 bits per heavy atom. The second-order valence-electron chi connectivity index (χ2n) is 4.35. The summed E-state index contributed by atoms with van der Waals surface area (Å²) in [5.74, 6) is -0.190. The minimum Gasteiger partial charge on any atom is -0.309 e. The number of nitrogens with zero attached hydrogens (tertiary/aromatic N) is 2. The Hall–Kier alpha value is -1.39. The molecule has 0 saturated heterocycles. The highest BCUT2D eigenvalue weighted by molar-refractivity contribution is 5.85. The fraction of sp³-hybridized carbons (Fsp3) is 0.357. The molecule has 0 aliphatic rings. The molecular weight excluding hydrogens is 265 g/mol. The van der Waals surface area contributed by atoms with E-state index in [2.05, 4.69) is 17.3 Å². The second kappa shape index (κ2) is 7.92. The molecular formula is C14H19ClFN3. The lowest BCUT2D eigenvalue weighted by molar-refractivity contribution is 0.601. The van der Waals surface area contributed by atoms with E-state index in [4.69, 9.17) is 0 Å². The van der Waals surface area contributed by atoms with Crippen LogP contribution in [0.4, 0.5) is 4.39 Å². The summed E-state index contributed by atoms with van der Waals surface area (Å²) >= 11 is 0. The highest BCUT2D eigenvalue weighted by atomic mass is 35.5. The van der Waals surface area contributed by atoms with Gasteiger partial charge in [0.15, 0.2) is 0 Å². The van der Waals surface area contributed by atoms with Crippen LogP contribution in [0, 0.1) is 5.82 Å². The summed E-state index contributed by atoms with van der Waals surface area (Å²) in [5.41, 5.74) is 2.11. The predicted octanol–water partition coefficient (Wildman–Crippen LogP) is 3.14. The van der Waals surface area contributed by atoms with E-state index in [9.17, 15) is 4.39 Å². The first-order valence-electron chi connectivity index (χ1n) is 6.24. The third-order valence-corrected chi connectivity index (χ3v) is 2.69. The Bertz CT molecular complexity index is 499. The lowest BCUT2D eigenvalue weighted by Crippen LogP contribution is -2.12. The highest BCUT2D eigenvalue weighted by Gasteiger charge is 1.99. The first-order valence-corrected chi connectivity index (χ1v) is 6.24. The largest absolute Gasteiger partial charge is 0.309 e. The Balaban J connectivity index is 0.00000180. The van der Waals surface area contributed by atoms with E-state index in [1.165, 1.54) is 6.07 Å². The molecule has 0 unspecified atom stereocenters. The normalized spacial score (nSPS) is 10.2. The van der Waals surface area contributed by atoms with Gasteiger partial charge in [0.2, 0.25) is 0 Å². The van der Waals surface area contributed by atoms with Gasteiger partial charge in [-0.1, -0.05) is 19.1 Å². The number of aromatic nitrogens is 2. The van der Waals surface area contributed by atoms with Gasteiger partial charge >= 0.3 is 0 Å². The van der Waals surface area contributed by atoms with E-state index in [0.29, 0.717) is 6.54 Å². The number of hydrogen-bond donors (Lipinski definition) is 1. The van der Waals surface area contributed by atoms with Crippen molar-refractivity contribution in [2.75, 3.05) is 0 Å². The van der Waals surface area contributed by atoms with Gasteiger partial charge in [0.25, 0.3) is 0 Å². The van der Waals surface area contributed by atoms with Gasteiger partial charge in [0.1, 0.15) is 5.82 Å². The van der Waals surface area contributed by atoms with Gasteiger partial charge in [-0.05, 0) is 24.1 Å². The van der Waals surface area contributed by atoms with Gasteiger partial charge < -0.3 is 5.32 Å². The summed E-state index contributed by atoms with van der Waals surface area (Å²) in [6, 6.07) is 6.65. The molecule has 3 nitrogen and oxygen atoms in total. The van der Waals surface area contributed by atoms with Crippen LogP contribution < -0.4 is 5.32 Å². The maximum Gasteiger partial charge on any atom is 0.123 e. The van der Waals surface area contributed by atoms with Crippen LogP contribution >= 0.6 is 12.4 Å². The molecule has 0 atom stereocenters. The van der Waals surface area contributed by atoms with Crippen molar-refractivity contribution in [1.82, 2.24) is 15.1 Å². The van der Waals surface area contributed by atoms with Crippen LogP contribution in [-0.2, 0) is 19.6 Å². The summed E-state index contributed by atoms with van der Waals surface area (Å²) in [6.07, 6.45) is 4.99. The van der Waals surface area contributed by atoms with Crippen LogP contribution in [0.25, 0.3) is 0 Å². The predicted molar refractivity (Wildman–Crippen MR) is 76.7 cm³/mol. The molecule has 0 bridgehead atoms. The molecule has 0 amide bonds. The summed E-state index contributed by atoms with van der Waals surface area (Å²) in [7, 11) is 0. The topological polar surface area (TPSA) is 29.9 Å². The van der Waals surface area contributed by atoms with Crippen LogP contribution in [-0.4, -0.2) is 9.78 Å². The first kappa shape index (κ1) is 15.7. The van der Waals surface area contributed by atoms with Crippen LogP contribution in [0.5, 0.6) is 0 Å². The quantitative estimate of drug-likeness (QED) is 0.883. The number of hydrogen-bond acceptors (Lipinski definition) is 2. The molecule has 5 heteroatoms. The second-order valence-corrected chi connectivity index (χ2v) is 4.35. The average Bonchev–Trinajstić information content (AvgIpc) is 2.78. The highest BCUT2D eigenvalue weighted by Crippen LogP contribution is 2.04. The average molecular weight is 284 g/mol. The van der Waals surface area contributed by atoms with Crippen molar-refractivity contribution >= 4 is 12.4 Å². The van der Waals surface area contributed by atoms with E-state index >= 15 is 0 Å². The molecule has 1 aromatic heterocycles. The zero-order chi connectivity index (χ0) is 12.8. The van der Waals surface area contributed by atoms with Gasteiger partial charge in [-0.3, -0.25) is 4.68 Å². The summed E-state index contributed by atoms with van der Waals surface area (Å²) in [5, 5.41) is 7.54. The van der Waals surface area contributed by atoms with Crippen LogP contribution in [0.1, 0.15) is 24.5 Å². The van der Waals surface area contributed by atoms with E-state index in [1.54, 1.807) is 12.1 Å². The molecule has 0 aliphatic heterocycles. The molecule has 19 heavy (non-hydrogen) atoms. The Kier molecular flexibility index (Phi) is 6.53. The van der Waals surface area contributed by atoms with Gasteiger partial charge in [-0.25, -0.2) is 4.39 Å². The molecule has 1 N–H and O–H groups in total. The number of benzene rings is 1. The maximum absolute atomic E-state index is 13.0. The minimum atomic E-state index is -0.190. The Morgan fingerprint density at radius 2 is 2.05 bits per heavy atom. The minimum absolute atomic E-state index is 0. The van der Waals surface area contributed by atoms with Crippen molar-refractivity contribution in [3.63, 3.8) is 0 Å². The van der Waals surface area contributed by atoms with Crippen LogP contribution in [0.3, 0.4) is 0 Å². The first-order chi connectivity index (χ1) is 8.78. The summed E-state index contributed by atoms with van der Waals surface area (Å²) in [4.78, 5) is 0. The zero-order valence-electron chi connectivity index (χ0n) is 11.0. The smallest absolute Gasteiger partial charge is 0.123 e. The standard InChI is InChI=1S/C14H18FN3.ClH/c1-2-6-18-11-13(10-17-18)9-16-8-12-4-3-5-14(15)7-12;/h3-5,7,10-11,16H,2,6,8-9H2,1H3;1H. The van der Waals surface area contributed by atoms with Crippen LogP contribution in [0.15, 0.2) is 36.7 Å². The lowest BCUT2D eigenvalue weighted by atomic mass is 10.2. The molecule has 0 radical (unpaired) electrons. The van der Waals surface area contributed by atoms with Crippen molar-refractivity contribution in [2.45, 2.75) is 33.0 Å². The molecule has 1 aromatic carbocycles. The summed E-state index contributed by atoms with van der Waals surface area (Å²) in [6.45, 7) is 4.49. The van der Waals surface area contributed by atoms with Gasteiger partial charge in [0, 0.05) is 31.4 Å². The maximum atomic E-state index is 13.0. The van der Waals surface area contributed by atoms with Gasteiger partial charge in [-0.2, -0.15) is 5.10 Å². The van der Waals surface area contributed by atoms with E-state index in [1.807, 2.05) is 23.1 Å². The SMILES string of the molecule is CCCn1cc(CNCc2cccc(F)c2)cn1.Cl. The number of rotatable bonds is 6. The number of nitrogens with one attached hydrogen (secondary N) is 1. The van der Waals surface area contributed by atoms with Crippen molar-refractivity contribution in [3.05, 3.63) is 53.6 Å². The van der Waals surface area contributed by atoms with E-state index in [0.717, 1.165) is 30.6 Å². The third kappa shape index (κ3) is 5.01. The van der Waals surface area contributed by atoms with Crippen molar-refractivity contribution in [3.8, 4) is 0 Å². The van der Waals surface area contributed by atoms with E-state index in [-0.39, 0.29) is 18.2 Å². The van der Waals surface area contributed by atoms with Gasteiger partial charge in [-0.15, -0.1) is 12.4 Å². The molecule has 2 rings (SSSR count). The molecule has 1 heterocycles. The number of aryl methyl sites for hydroxylation is 1. The van der Waals surface area contributed by atoms with Crippen molar-refractivity contribution in [1.29, 1.82) is 0 Å². The lowest BCUT2D eigenvalue weighted by Gasteiger charge is -2.03. The van der Waals surface area contributed by atoms with Crippen molar-refractivity contribution < 1.29 is 4.39 Å². The fourth-order valence-electron chi connectivity index (χ4n) is 1.85. The van der Waals surface area contributed by atoms with Crippen molar-refractivity contribution in [2.24, 2.45) is 0 Å². The Labute approximate surface area is 119 Å². The molecule has 0 aliphatic carbocycles. The molecule has 0 fully saturated rings.